The van der Waals surface area contributed by atoms with Crippen molar-refractivity contribution in [2.24, 2.45) is 5.73 Å². The van der Waals surface area contributed by atoms with Gasteiger partial charge in [0, 0.05) is 5.92 Å². The first-order chi connectivity index (χ1) is 10.2. The van der Waals surface area contributed by atoms with Gasteiger partial charge in [-0.05, 0) is 41.6 Å². The molecular weight excluding hydrogens is 258 g/mol. The summed E-state index contributed by atoms with van der Waals surface area (Å²) in [4.78, 5) is 0. The molecule has 0 spiro atoms. The summed E-state index contributed by atoms with van der Waals surface area (Å²) in [6, 6.07) is 17.0. The number of nitrogens with two attached hydrogens (primary N) is 1. The van der Waals surface area contributed by atoms with Crippen molar-refractivity contribution in [1.29, 1.82) is 0 Å². The van der Waals surface area contributed by atoms with Crippen LogP contribution in [0.15, 0.2) is 48.5 Å². The lowest BCUT2D eigenvalue weighted by atomic mass is 9.82. The maximum atomic E-state index is 6.07. The van der Waals surface area contributed by atoms with Gasteiger partial charge in [-0.1, -0.05) is 56.3 Å². The van der Waals surface area contributed by atoms with Crippen LogP contribution in [0.4, 0.5) is 0 Å². The Bertz CT molecular complexity index is 565. The number of benzene rings is 2. The maximum absolute atomic E-state index is 6.07. The number of methoxy groups -OCH3 is 1. The van der Waals surface area contributed by atoms with Crippen molar-refractivity contribution in [3.05, 3.63) is 65.2 Å². The van der Waals surface area contributed by atoms with E-state index in [2.05, 4.69) is 62.4 Å². The summed E-state index contributed by atoms with van der Waals surface area (Å²) in [5.74, 6) is 1.68. The highest BCUT2D eigenvalue weighted by Gasteiger charge is 2.20. The van der Waals surface area contributed by atoms with Crippen LogP contribution >= 0.6 is 0 Å². The molecule has 0 radical (unpaired) electrons. The van der Waals surface area contributed by atoms with Gasteiger partial charge in [-0.25, -0.2) is 0 Å². The molecule has 112 valence electrons. The third-order valence-corrected chi connectivity index (χ3v) is 4.30. The lowest BCUT2D eigenvalue weighted by Gasteiger charge is -2.24. The van der Waals surface area contributed by atoms with E-state index in [0.717, 1.165) is 12.2 Å². The van der Waals surface area contributed by atoms with Crippen LogP contribution in [0.25, 0.3) is 0 Å². The number of ether oxygens (including phenoxy) is 1. The van der Waals surface area contributed by atoms with E-state index in [-0.39, 0.29) is 0 Å². The number of hydrogen-bond acceptors (Lipinski definition) is 2. The second-order valence-electron chi connectivity index (χ2n) is 5.47. The minimum absolute atomic E-state index is 0.323. The standard InChI is InChI=1S/C19H25NO/c1-4-15-12-17(10-11-19(15)21-3)18(13-20)14(2)16-8-6-5-7-9-16/h5-12,14,18H,4,13,20H2,1-3H3. The van der Waals surface area contributed by atoms with E-state index >= 15 is 0 Å². The summed E-state index contributed by atoms with van der Waals surface area (Å²) in [5, 5.41) is 0. The Morgan fingerprint density at radius 3 is 2.33 bits per heavy atom. The second kappa shape index (κ2) is 7.28. The molecule has 0 aliphatic rings. The predicted molar refractivity (Wildman–Crippen MR) is 89.0 cm³/mol. The lowest BCUT2D eigenvalue weighted by Crippen LogP contribution is -2.18. The van der Waals surface area contributed by atoms with Crippen LogP contribution in [-0.2, 0) is 6.42 Å². The van der Waals surface area contributed by atoms with Gasteiger partial charge in [-0.2, -0.15) is 0 Å². The van der Waals surface area contributed by atoms with Crippen LogP contribution in [0.5, 0.6) is 5.75 Å². The van der Waals surface area contributed by atoms with Gasteiger partial charge in [0.15, 0.2) is 0 Å². The number of hydrogen-bond donors (Lipinski definition) is 1. The Labute approximate surface area is 127 Å². The Hall–Kier alpha value is -1.80. The molecule has 0 aliphatic carbocycles. The summed E-state index contributed by atoms with van der Waals surface area (Å²) >= 11 is 0. The number of aryl methyl sites for hydroxylation is 1. The molecule has 0 aromatic heterocycles. The van der Waals surface area contributed by atoms with Gasteiger partial charge < -0.3 is 10.5 Å². The first-order valence-electron chi connectivity index (χ1n) is 7.63. The summed E-state index contributed by atoms with van der Waals surface area (Å²) < 4.78 is 5.42. The van der Waals surface area contributed by atoms with Crippen molar-refractivity contribution >= 4 is 0 Å². The second-order valence-corrected chi connectivity index (χ2v) is 5.47. The molecule has 2 atom stereocenters. The first-order valence-corrected chi connectivity index (χ1v) is 7.63. The molecule has 0 amide bonds. The topological polar surface area (TPSA) is 35.2 Å². The lowest BCUT2D eigenvalue weighted by molar-refractivity contribution is 0.409. The third-order valence-electron chi connectivity index (χ3n) is 4.30. The highest BCUT2D eigenvalue weighted by atomic mass is 16.5. The fourth-order valence-corrected chi connectivity index (χ4v) is 2.92. The molecule has 2 unspecified atom stereocenters. The van der Waals surface area contributed by atoms with Gasteiger partial charge in [0.1, 0.15) is 5.75 Å². The third kappa shape index (κ3) is 3.45. The fourth-order valence-electron chi connectivity index (χ4n) is 2.92. The molecule has 2 nitrogen and oxygen atoms in total. The zero-order valence-electron chi connectivity index (χ0n) is 13.2. The smallest absolute Gasteiger partial charge is 0.122 e. The molecular formula is C19H25NO. The number of rotatable bonds is 6. The Kier molecular flexibility index (Phi) is 5.40. The molecule has 0 fully saturated rings. The van der Waals surface area contributed by atoms with Crippen LogP contribution in [0, 0.1) is 0 Å². The van der Waals surface area contributed by atoms with Crippen LogP contribution < -0.4 is 10.5 Å². The largest absolute Gasteiger partial charge is 0.496 e. The molecule has 2 aromatic rings. The van der Waals surface area contributed by atoms with Crippen LogP contribution in [0.1, 0.15) is 42.4 Å². The normalized spacial score (nSPS) is 13.7. The van der Waals surface area contributed by atoms with Crippen molar-refractivity contribution in [1.82, 2.24) is 0 Å². The molecule has 0 bridgehead atoms. The summed E-state index contributed by atoms with van der Waals surface area (Å²) in [5.41, 5.74) is 9.95. The van der Waals surface area contributed by atoms with Gasteiger partial charge in [0.2, 0.25) is 0 Å². The van der Waals surface area contributed by atoms with E-state index in [0.29, 0.717) is 18.4 Å². The average Bonchev–Trinajstić information content (AvgIpc) is 2.56. The Morgan fingerprint density at radius 2 is 1.76 bits per heavy atom. The Balaban J connectivity index is 2.33. The van der Waals surface area contributed by atoms with E-state index < -0.39 is 0 Å². The molecule has 2 aromatic carbocycles. The quantitative estimate of drug-likeness (QED) is 0.866. The molecule has 0 heterocycles. The molecule has 0 saturated heterocycles. The summed E-state index contributed by atoms with van der Waals surface area (Å²) in [6.07, 6.45) is 0.966. The Morgan fingerprint density at radius 1 is 1.05 bits per heavy atom. The maximum Gasteiger partial charge on any atom is 0.122 e. The SMILES string of the molecule is CCc1cc(C(CN)C(C)c2ccccc2)ccc1OC. The molecule has 2 N–H and O–H groups in total. The van der Waals surface area contributed by atoms with Crippen molar-refractivity contribution in [3.8, 4) is 5.75 Å². The summed E-state index contributed by atoms with van der Waals surface area (Å²) in [6.45, 7) is 5.05. The van der Waals surface area contributed by atoms with Gasteiger partial charge in [-0.15, -0.1) is 0 Å². The van der Waals surface area contributed by atoms with E-state index in [1.54, 1.807) is 7.11 Å². The zero-order chi connectivity index (χ0) is 15.2. The molecule has 2 rings (SSSR count). The summed E-state index contributed by atoms with van der Waals surface area (Å²) in [7, 11) is 1.72. The molecule has 21 heavy (non-hydrogen) atoms. The minimum Gasteiger partial charge on any atom is -0.496 e. The van der Waals surface area contributed by atoms with Gasteiger partial charge in [0.05, 0.1) is 7.11 Å². The van der Waals surface area contributed by atoms with E-state index in [1.807, 2.05) is 0 Å². The van der Waals surface area contributed by atoms with Crippen molar-refractivity contribution < 1.29 is 4.74 Å². The fraction of sp³-hybridized carbons (Fsp3) is 0.368. The van der Waals surface area contributed by atoms with Crippen molar-refractivity contribution in [2.45, 2.75) is 32.1 Å². The zero-order valence-corrected chi connectivity index (χ0v) is 13.2. The minimum atomic E-state index is 0.323. The monoisotopic (exact) mass is 283 g/mol. The van der Waals surface area contributed by atoms with Crippen LogP contribution in [0.2, 0.25) is 0 Å². The highest BCUT2D eigenvalue weighted by molar-refractivity contribution is 5.40. The van der Waals surface area contributed by atoms with Gasteiger partial charge in [0.25, 0.3) is 0 Å². The van der Waals surface area contributed by atoms with E-state index in [4.69, 9.17) is 10.5 Å². The molecule has 0 saturated carbocycles. The van der Waals surface area contributed by atoms with Crippen LogP contribution in [-0.4, -0.2) is 13.7 Å². The molecule has 0 aliphatic heterocycles. The average molecular weight is 283 g/mol. The molecule has 2 heteroatoms. The van der Waals surface area contributed by atoms with E-state index in [1.165, 1.54) is 16.7 Å². The predicted octanol–water partition coefficient (Wildman–Crippen LogP) is 4.10. The van der Waals surface area contributed by atoms with Gasteiger partial charge in [-0.3, -0.25) is 0 Å². The van der Waals surface area contributed by atoms with Crippen molar-refractivity contribution in [3.63, 3.8) is 0 Å². The van der Waals surface area contributed by atoms with Gasteiger partial charge >= 0.3 is 0 Å². The van der Waals surface area contributed by atoms with Crippen LogP contribution in [0.3, 0.4) is 0 Å². The first kappa shape index (κ1) is 15.6. The van der Waals surface area contributed by atoms with Crippen molar-refractivity contribution in [2.75, 3.05) is 13.7 Å². The highest BCUT2D eigenvalue weighted by Crippen LogP contribution is 2.34. The van der Waals surface area contributed by atoms with E-state index in [9.17, 15) is 0 Å².